The van der Waals surface area contributed by atoms with Crippen molar-refractivity contribution in [1.82, 2.24) is 10.6 Å². The number of carbonyl (C=O) groups excluding carboxylic acids is 2. The van der Waals surface area contributed by atoms with E-state index in [-0.39, 0.29) is 24.5 Å². The van der Waals surface area contributed by atoms with Crippen LogP contribution >= 0.6 is 0 Å². The fourth-order valence-electron chi connectivity index (χ4n) is 2.52. The third kappa shape index (κ3) is 5.09. The molecule has 1 aliphatic rings. The number of hydrogen-bond acceptors (Lipinski definition) is 3. The van der Waals surface area contributed by atoms with Crippen LogP contribution in [0.15, 0.2) is 24.3 Å². The maximum Gasteiger partial charge on any atom is 0.315 e. The zero-order valence-electron chi connectivity index (χ0n) is 12.4. The van der Waals surface area contributed by atoms with Gasteiger partial charge in [-0.25, -0.2) is 4.79 Å². The molecule has 6 heteroatoms. The van der Waals surface area contributed by atoms with Gasteiger partial charge in [0.05, 0.1) is 18.2 Å². The molecule has 22 heavy (non-hydrogen) atoms. The van der Waals surface area contributed by atoms with Gasteiger partial charge >= 0.3 is 6.03 Å². The number of hydrogen-bond donors (Lipinski definition) is 3. The van der Waals surface area contributed by atoms with E-state index in [1.807, 2.05) is 6.07 Å². The van der Waals surface area contributed by atoms with Crippen LogP contribution in [0.5, 0.6) is 0 Å². The Morgan fingerprint density at radius 1 is 1.23 bits per heavy atom. The normalized spacial score (nSPS) is 14.7. The number of anilines is 1. The van der Waals surface area contributed by atoms with E-state index in [1.54, 1.807) is 24.3 Å². The van der Waals surface area contributed by atoms with Crippen molar-refractivity contribution in [2.45, 2.75) is 38.1 Å². The van der Waals surface area contributed by atoms with Gasteiger partial charge in [-0.1, -0.05) is 25.3 Å². The highest BCUT2D eigenvalue weighted by Gasteiger charge is 2.15. The van der Waals surface area contributed by atoms with Gasteiger partial charge in [0, 0.05) is 11.7 Å². The average Bonchev–Trinajstić information content (AvgIpc) is 2.54. The molecule has 6 nitrogen and oxygen atoms in total. The fourth-order valence-corrected chi connectivity index (χ4v) is 2.52. The Labute approximate surface area is 129 Å². The number of nitrogens with zero attached hydrogens (tertiary/aromatic N) is 1. The van der Waals surface area contributed by atoms with E-state index in [0.717, 1.165) is 25.7 Å². The second-order valence-electron chi connectivity index (χ2n) is 5.40. The van der Waals surface area contributed by atoms with Crippen LogP contribution in [-0.2, 0) is 4.79 Å². The summed E-state index contributed by atoms with van der Waals surface area (Å²) in [6.07, 6.45) is 5.51. The third-order valence-electron chi connectivity index (χ3n) is 3.63. The van der Waals surface area contributed by atoms with Gasteiger partial charge in [-0.2, -0.15) is 5.26 Å². The van der Waals surface area contributed by atoms with Gasteiger partial charge in [0.15, 0.2) is 0 Å². The molecule has 0 saturated heterocycles. The third-order valence-corrected chi connectivity index (χ3v) is 3.63. The number of nitrogens with one attached hydrogen (secondary N) is 3. The van der Waals surface area contributed by atoms with E-state index < -0.39 is 0 Å². The Hall–Kier alpha value is -2.55. The SMILES string of the molecule is N#Cc1cccc(NC(=O)CNC(=O)NC2CCCCC2)c1. The number of carbonyl (C=O) groups is 2. The first-order valence-electron chi connectivity index (χ1n) is 7.52. The standard InChI is InChI=1S/C16H20N4O2/c17-10-12-5-4-8-14(9-12)19-15(21)11-18-16(22)20-13-6-2-1-3-7-13/h4-5,8-9,13H,1-3,6-7,11H2,(H,19,21)(H2,18,20,22). The van der Waals surface area contributed by atoms with Gasteiger partial charge in [0.2, 0.25) is 5.91 Å². The lowest BCUT2D eigenvalue weighted by atomic mass is 9.96. The molecule has 1 saturated carbocycles. The zero-order chi connectivity index (χ0) is 15.8. The Morgan fingerprint density at radius 3 is 2.73 bits per heavy atom. The summed E-state index contributed by atoms with van der Waals surface area (Å²) in [7, 11) is 0. The van der Waals surface area contributed by atoms with Gasteiger partial charge < -0.3 is 16.0 Å². The van der Waals surface area contributed by atoms with Crippen LogP contribution in [0.3, 0.4) is 0 Å². The van der Waals surface area contributed by atoms with Crippen molar-refractivity contribution in [1.29, 1.82) is 5.26 Å². The van der Waals surface area contributed by atoms with Crippen molar-refractivity contribution in [3.8, 4) is 6.07 Å². The molecule has 1 aromatic carbocycles. The van der Waals surface area contributed by atoms with Crippen molar-refractivity contribution < 1.29 is 9.59 Å². The Balaban J connectivity index is 1.72. The molecule has 0 atom stereocenters. The highest BCUT2D eigenvalue weighted by molar-refractivity contribution is 5.94. The highest BCUT2D eigenvalue weighted by Crippen LogP contribution is 2.17. The Bertz CT molecular complexity index is 574. The Kier molecular flexibility index (Phi) is 5.78. The molecular weight excluding hydrogens is 280 g/mol. The van der Waals surface area contributed by atoms with E-state index in [1.165, 1.54) is 6.42 Å². The molecular formula is C16H20N4O2. The molecule has 2 rings (SSSR count). The predicted molar refractivity (Wildman–Crippen MR) is 83.2 cm³/mol. The van der Waals surface area contributed by atoms with E-state index >= 15 is 0 Å². The second-order valence-corrected chi connectivity index (χ2v) is 5.40. The van der Waals surface area contributed by atoms with Crippen molar-refractivity contribution in [2.75, 3.05) is 11.9 Å². The molecule has 0 unspecified atom stereocenters. The summed E-state index contributed by atoms with van der Waals surface area (Å²) in [5.74, 6) is -0.325. The minimum absolute atomic E-state index is 0.102. The van der Waals surface area contributed by atoms with Gasteiger partial charge in [0.25, 0.3) is 0 Å². The first-order chi connectivity index (χ1) is 10.7. The summed E-state index contributed by atoms with van der Waals surface area (Å²) in [6, 6.07) is 8.53. The minimum Gasteiger partial charge on any atom is -0.335 e. The molecule has 1 fully saturated rings. The summed E-state index contributed by atoms with van der Waals surface area (Å²) >= 11 is 0. The lowest BCUT2D eigenvalue weighted by molar-refractivity contribution is -0.115. The number of urea groups is 1. The van der Waals surface area contributed by atoms with Crippen LogP contribution < -0.4 is 16.0 Å². The summed E-state index contributed by atoms with van der Waals surface area (Å²) in [6.45, 7) is -0.102. The predicted octanol–water partition coefficient (Wildman–Crippen LogP) is 2.13. The van der Waals surface area contributed by atoms with E-state index in [2.05, 4.69) is 16.0 Å². The van der Waals surface area contributed by atoms with Crippen molar-refractivity contribution in [3.05, 3.63) is 29.8 Å². The molecule has 3 amide bonds. The van der Waals surface area contributed by atoms with Crippen LogP contribution in [0, 0.1) is 11.3 Å². The molecule has 0 spiro atoms. The molecule has 0 heterocycles. The number of nitriles is 1. The molecule has 116 valence electrons. The second kappa shape index (κ2) is 8.03. The van der Waals surface area contributed by atoms with Crippen LogP contribution in [-0.4, -0.2) is 24.5 Å². The van der Waals surface area contributed by atoms with E-state index in [4.69, 9.17) is 5.26 Å². The summed E-state index contributed by atoms with van der Waals surface area (Å²) < 4.78 is 0. The number of benzene rings is 1. The van der Waals surface area contributed by atoms with Crippen LogP contribution in [0.1, 0.15) is 37.7 Å². The maximum atomic E-state index is 11.8. The number of rotatable bonds is 4. The van der Waals surface area contributed by atoms with Gasteiger partial charge in [-0.15, -0.1) is 0 Å². The minimum atomic E-state index is -0.325. The summed E-state index contributed by atoms with van der Waals surface area (Å²) in [4.78, 5) is 23.5. The van der Waals surface area contributed by atoms with Crippen LogP contribution in [0.2, 0.25) is 0 Å². The molecule has 0 aromatic heterocycles. The maximum absolute atomic E-state index is 11.8. The lowest BCUT2D eigenvalue weighted by Crippen LogP contribution is -2.45. The topological polar surface area (TPSA) is 94.0 Å². The molecule has 3 N–H and O–H groups in total. The molecule has 0 radical (unpaired) electrons. The first-order valence-corrected chi connectivity index (χ1v) is 7.52. The number of amides is 3. The van der Waals surface area contributed by atoms with Gasteiger partial charge in [-0.3, -0.25) is 4.79 Å². The summed E-state index contributed by atoms with van der Waals surface area (Å²) in [5.41, 5.74) is 1.01. The van der Waals surface area contributed by atoms with Crippen LogP contribution in [0.25, 0.3) is 0 Å². The quantitative estimate of drug-likeness (QED) is 0.795. The Morgan fingerprint density at radius 2 is 2.00 bits per heavy atom. The molecule has 1 aliphatic carbocycles. The average molecular weight is 300 g/mol. The first kappa shape index (κ1) is 15.8. The molecule has 1 aromatic rings. The van der Waals surface area contributed by atoms with Gasteiger partial charge in [0.1, 0.15) is 0 Å². The largest absolute Gasteiger partial charge is 0.335 e. The molecule has 0 bridgehead atoms. The molecule has 0 aliphatic heterocycles. The smallest absolute Gasteiger partial charge is 0.315 e. The summed E-state index contributed by atoms with van der Waals surface area (Å²) in [5, 5.41) is 16.9. The fraction of sp³-hybridized carbons (Fsp3) is 0.438. The van der Waals surface area contributed by atoms with E-state index in [0.29, 0.717) is 11.3 Å². The van der Waals surface area contributed by atoms with E-state index in [9.17, 15) is 9.59 Å². The lowest BCUT2D eigenvalue weighted by Gasteiger charge is -2.22. The van der Waals surface area contributed by atoms with Crippen molar-refractivity contribution in [2.24, 2.45) is 0 Å². The van der Waals surface area contributed by atoms with Crippen LogP contribution in [0.4, 0.5) is 10.5 Å². The van der Waals surface area contributed by atoms with Crippen molar-refractivity contribution in [3.63, 3.8) is 0 Å². The van der Waals surface area contributed by atoms with Gasteiger partial charge in [-0.05, 0) is 31.0 Å². The van der Waals surface area contributed by atoms with Crippen molar-refractivity contribution >= 4 is 17.6 Å². The zero-order valence-corrected chi connectivity index (χ0v) is 12.4. The monoisotopic (exact) mass is 300 g/mol. The highest BCUT2D eigenvalue weighted by atomic mass is 16.2.